The Hall–Kier alpha value is -7.89. The average Bonchev–Trinajstić information content (AvgIpc) is 3.37. The van der Waals surface area contributed by atoms with Gasteiger partial charge in [0.25, 0.3) is 0 Å². The van der Waals surface area contributed by atoms with Gasteiger partial charge in [0.15, 0.2) is 17.3 Å². The highest BCUT2D eigenvalue weighted by atomic mass is 79.9. The topological polar surface area (TPSA) is 92.7 Å². The zero-order chi connectivity index (χ0) is 47.1. The number of ether oxygens (including phenoxy) is 6. The van der Waals surface area contributed by atoms with Crippen molar-refractivity contribution in [3.8, 4) is 40.2 Å². The van der Waals surface area contributed by atoms with E-state index < -0.39 is 5.78 Å². The van der Waals surface area contributed by atoms with E-state index in [4.69, 9.17) is 28.4 Å². The summed E-state index contributed by atoms with van der Waals surface area (Å²) in [4.78, 5) is 14.6. The van der Waals surface area contributed by atoms with Crippen molar-refractivity contribution in [2.45, 2.75) is 39.6 Å². The highest BCUT2D eigenvalue weighted by molar-refractivity contribution is 9.10. The number of benzene rings is 8. The fourth-order valence-corrected chi connectivity index (χ4v) is 7.44. The minimum atomic E-state index is -0.407. The van der Waals surface area contributed by atoms with Crippen molar-refractivity contribution in [2.75, 3.05) is 0 Å². The van der Waals surface area contributed by atoms with Gasteiger partial charge in [-0.05, 0) is 110 Å². The molecule has 8 aromatic rings. The first-order chi connectivity index (χ1) is 33.2. The lowest BCUT2D eigenvalue weighted by atomic mass is 10.1. The van der Waals surface area contributed by atoms with Crippen LogP contribution >= 0.6 is 15.9 Å². The molecule has 0 heterocycles. The predicted molar refractivity (Wildman–Crippen MR) is 260 cm³/mol. The summed E-state index contributed by atoms with van der Waals surface area (Å²) in [6.45, 7) is 0.753. The lowest BCUT2D eigenvalue weighted by molar-refractivity contribution is 0.104. The zero-order valence-electron chi connectivity index (χ0n) is 36.7. The summed E-state index contributed by atoms with van der Waals surface area (Å²) in [6.07, 6.45) is 3.00. The molecule has 0 atom stereocenters. The number of hydrogen-bond acceptors (Lipinski definition) is 8. The molecule has 11 heteroatoms. The van der Waals surface area contributed by atoms with Crippen LogP contribution in [0.25, 0.3) is 6.08 Å². The van der Waals surface area contributed by atoms with E-state index >= 15 is 0 Å². The molecule has 0 aromatic heterocycles. The third-order valence-electron chi connectivity index (χ3n) is 10.5. The molecular weight excluding hydrogens is 931 g/mol. The number of carbonyl (C=O) groups excluding carboxylic acids is 1. The fraction of sp³-hybridized carbons (Fsp3) is 0.105. The summed E-state index contributed by atoms with van der Waals surface area (Å²) in [5.41, 5.74) is 5.51. The smallest absolute Gasteiger partial charge is 0.203 e. The first kappa shape index (κ1) is 46.6. The Morgan fingerprint density at radius 3 is 1.26 bits per heavy atom. The molecule has 1 N–H and O–H groups in total. The highest BCUT2D eigenvalue weighted by Gasteiger charge is 2.23. The van der Waals surface area contributed by atoms with Crippen molar-refractivity contribution >= 4 is 27.8 Å². The van der Waals surface area contributed by atoms with Gasteiger partial charge in [0.2, 0.25) is 5.75 Å². The van der Waals surface area contributed by atoms with Crippen molar-refractivity contribution in [1.82, 2.24) is 0 Å². The van der Waals surface area contributed by atoms with E-state index in [0.29, 0.717) is 44.2 Å². The normalized spacial score (nSPS) is 11.0. The minimum Gasteiger partial charge on any atom is -0.508 e. The summed E-state index contributed by atoms with van der Waals surface area (Å²) >= 11 is 3.71. The molecule has 8 rings (SSSR count). The highest BCUT2D eigenvalue weighted by Crippen LogP contribution is 2.46. The van der Waals surface area contributed by atoms with Crippen LogP contribution in [-0.2, 0) is 39.6 Å². The van der Waals surface area contributed by atoms with Crippen molar-refractivity contribution < 1.29 is 47.1 Å². The Kier molecular flexibility index (Phi) is 15.8. The Labute approximate surface area is 401 Å². The molecule has 8 aromatic carbocycles. The van der Waals surface area contributed by atoms with Gasteiger partial charge in [-0.25, -0.2) is 8.78 Å². The summed E-state index contributed by atoms with van der Waals surface area (Å²) < 4.78 is 66.7. The van der Waals surface area contributed by atoms with Gasteiger partial charge in [0.1, 0.15) is 78.7 Å². The molecule has 0 aliphatic rings. The van der Waals surface area contributed by atoms with E-state index in [-0.39, 0.29) is 74.1 Å². The van der Waals surface area contributed by atoms with Gasteiger partial charge in [0.05, 0.1) is 5.56 Å². The number of phenolic OH excluding ortho intramolecular Hbond substituents is 1. The van der Waals surface area contributed by atoms with Crippen molar-refractivity contribution in [3.63, 3.8) is 0 Å². The molecule has 0 saturated heterocycles. The van der Waals surface area contributed by atoms with Crippen LogP contribution in [0.3, 0.4) is 0 Å². The van der Waals surface area contributed by atoms with Crippen molar-refractivity contribution in [2.24, 2.45) is 0 Å². The van der Waals surface area contributed by atoms with Crippen LogP contribution in [0.5, 0.6) is 40.2 Å². The molecule has 0 aliphatic carbocycles. The Bertz CT molecular complexity index is 2870. The van der Waals surface area contributed by atoms with Crippen LogP contribution in [0, 0.1) is 11.6 Å². The molecular formula is C57H45BrF2O8. The third kappa shape index (κ3) is 12.9. The van der Waals surface area contributed by atoms with Crippen LogP contribution in [0.4, 0.5) is 8.78 Å². The quantitative estimate of drug-likeness (QED) is 0.0562. The van der Waals surface area contributed by atoms with Gasteiger partial charge in [-0.1, -0.05) is 127 Å². The van der Waals surface area contributed by atoms with E-state index in [0.717, 1.165) is 22.3 Å². The van der Waals surface area contributed by atoms with Crippen LogP contribution in [0.2, 0.25) is 0 Å². The predicted octanol–water partition coefficient (Wildman–Crippen LogP) is 13.8. The molecule has 0 spiro atoms. The molecule has 342 valence electrons. The molecule has 0 saturated carbocycles. The standard InChI is InChI=1S/C57H45BrF2O8/c58-55-52(64-36-43-18-24-47(60)25-19-43)32-51(63-35-42-16-22-46(59)23-17-42)49(56(55)67-38-44-20-26-48(61)27-21-44)28-29-50(62)45-30-53(65-33-39-10-4-1-5-11-39)57(68-37-41-14-8-3-9-15-41)54(31-45)66-34-40-12-6-2-7-13-40/h1-32,61H,33-38H2/b29-28+. The van der Waals surface area contributed by atoms with Crippen molar-refractivity contribution in [3.05, 3.63) is 249 Å². The lowest BCUT2D eigenvalue weighted by Gasteiger charge is -2.20. The summed E-state index contributed by atoms with van der Waals surface area (Å²) in [5.74, 6) is 0.758. The van der Waals surface area contributed by atoms with Crippen molar-refractivity contribution in [1.29, 1.82) is 0 Å². The van der Waals surface area contributed by atoms with Crippen LogP contribution in [0.15, 0.2) is 193 Å². The minimum absolute atomic E-state index is 0.0279. The second-order valence-corrected chi connectivity index (χ2v) is 16.3. The van der Waals surface area contributed by atoms with Gasteiger partial charge in [-0.15, -0.1) is 0 Å². The van der Waals surface area contributed by atoms with Gasteiger partial charge in [-0.2, -0.15) is 0 Å². The Balaban J connectivity index is 1.19. The number of phenols is 1. The monoisotopic (exact) mass is 974 g/mol. The number of halogens is 3. The molecule has 68 heavy (non-hydrogen) atoms. The number of aromatic hydroxyl groups is 1. The first-order valence-corrected chi connectivity index (χ1v) is 22.5. The van der Waals surface area contributed by atoms with E-state index in [1.165, 1.54) is 30.3 Å². The third-order valence-corrected chi connectivity index (χ3v) is 11.3. The lowest BCUT2D eigenvalue weighted by Crippen LogP contribution is -2.07. The summed E-state index contributed by atoms with van der Waals surface area (Å²) in [5, 5.41) is 9.96. The molecule has 0 radical (unpaired) electrons. The molecule has 0 aliphatic heterocycles. The molecule has 0 unspecified atom stereocenters. The maximum atomic E-state index is 14.6. The molecule has 0 amide bonds. The van der Waals surface area contributed by atoms with E-state index in [9.17, 15) is 18.7 Å². The van der Waals surface area contributed by atoms with Gasteiger partial charge >= 0.3 is 0 Å². The SMILES string of the molecule is O=C(/C=C/c1c(OCc2ccc(F)cc2)cc(OCc2ccc(F)cc2)c(Br)c1OCc1ccc(O)cc1)c1cc(OCc2ccccc2)c(OCc2ccccc2)c(OCc2ccccc2)c1. The van der Waals surface area contributed by atoms with E-state index in [2.05, 4.69) is 15.9 Å². The number of ketones is 1. The number of carbonyl (C=O) groups is 1. The second-order valence-electron chi connectivity index (χ2n) is 15.5. The maximum absolute atomic E-state index is 14.6. The van der Waals surface area contributed by atoms with Crippen LogP contribution in [0.1, 0.15) is 49.3 Å². The molecule has 0 bridgehead atoms. The zero-order valence-corrected chi connectivity index (χ0v) is 38.2. The van der Waals surface area contributed by atoms with E-state index in [1.54, 1.807) is 72.8 Å². The van der Waals surface area contributed by atoms with Gasteiger partial charge in [-0.3, -0.25) is 4.79 Å². The largest absolute Gasteiger partial charge is 0.508 e. The summed E-state index contributed by atoms with van der Waals surface area (Å²) in [7, 11) is 0. The number of hydrogen-bond donors (Lipinski definition) is 1. The molecule has 0 fully saturated rings. The van der Waals surface area contributed by atoms with E-state index in [1.807, 2.05) is 91.0 Å². The van der Waals surface area contributed by atoms with Crippen LogP contribution < -0.4 is 28.4 Å². The average molecular weight is 976 g/mol. The number of rotatable bonds is 21. The Morgan fingerprint density at radius 2 is 0.809 bits per heavy atom. The maximum Gasteiger partial charge on any atom is 0.203 e. The first-order valence-electron chi connectivity index (χ1n) is 21.7. The second kappa shape index (κ2) is 23.0. The summed E-state index contributed by atoms with van der Waals surface area (Å²) in [6, 6.07) is 52.4. The molecule has 8 nitrogen and oxygen atoms in total. The fourth-order valence-electron chi connectivity index (χ4n) is 6.89. The number of allylic oxidation sites excluding steroid dienone is 1. The Morgan fingerprint density at radius 1 is 0.441 bits per heavy atom. The van der Waals surface area contributed by atoms with Crippen LogP contribution in [-0.4, -0.2) is 10.9 Å². The van der Waals surface area contributed by atoms with Gasteiger partial charge in [0, 0.05) is 11.6 Å². The van der Waals surface area contributed by atoms with Gasteiger partial charge < -0.3 is 33.5 Å².